The first-order chi connectivity index (χ1) is 17.2. The van der Waals surface area contributed by atoms with Crippen LogP contribution in [0.15, 0.2) is 36.5 Å². The molecule has 0 saturated heterocycles. The smallest absolute Gasteiger partial charge is 0.387 e. The Balaban J connectivity index is 2.02. The van der Waals surface area contributed by atoms with Crippen molar-refractivity contribution in [3.8, 4) is 17.2 Å². The summed E-state index contributed by atoms with van der Waals surface area (Å²) in [4.78, 5) is 19.5. The van der Waals surface area contributed by atoms with Crippen LogP contribution in [-0.4, -0.2) is 38.1 Å². The Kier molecular flexibility index (Phi) is 6.55. The van der Waals surface area contributed by atoms with Crippen LogP contribution in [0.4, 0.5) is 45.2 Å². The highest BCUT2D eigenvalue weighted by Gasteiger charge is 2.40. The van der Waals surface area contributed by atoms with E-state index in [1.165, 1.54) is 30.5 Å². The fourth-order valence-corrected chi connectivity index (χ4v) is 3.89. The Morgan fingerprint density at radius 2 is 1.72 bits per heavy atom. The minimum absolute atomic E-state index is 0.00323. The lowest BCUT2D eigenvalue weighted by atomic mass is 10.0. The molecule has 0 atom stereocenters. The third kappa shape index (κ3) is 3.97. The second kappa shape index (κ2) is 9.60. The molecule has 188 valence electrons. The minimum atomic E-state index is -3.23. The number of rotatable bonds is 7. The van der Waals surface area contributed by atoms with Crippen molar-refractivity contribution in [2.45, 2.75) is 13.2 Å². The van der Waals surface area contributed by atoms with Crippen LogP contribution in [0.2, 0.25) is 0 Å². The summed E-state index contributed by atoms with van der Waals surface area (Å²) in [6, 6.07) is 5.28. The number of para-hydroxylation sites is 2. The van der Waals surface area contributed by atoms with Crippen molar-refractivity contribution in [2.24, 2.45) is 0 Å². The van der Waals surface area contributed by atoms with E-state index in [0.29, 0.717) is 0 Å². The molecule has 9 nitrogen and oxygen atoms in total. The van der Waals surface area contributed by atoms with Crippen LogP contribution >= 0.6 is 0 Å². The van der Waals surface area contributed by atoms with Gasteiger partial charge in [0.05, 0.1) is 37.7 Å². The van der Waals surface area contributed by atoms with E-state index in [1.54, 1.807) is 0 Å². The Morgan fingerprint density at radius 1 is 1.08 bits per heavy atom. The van der Waals surface area contributed by atoms with E-state index in [-0.39, 0.29) is 28.3 Å². The highest BCUT2D eigenvalue weighted by Crippen LogP contribution is 2.46. The van der Waals surface area contributed by atoms with E-state index in [0.717, 1.165) is 36.3 Å². The second-order valence-electron chi connectivity index (χ2n) is 7.38. The van der Waals surface area contributed by atoms with Gasteiger partial charge in [0.15, 0.2) is 23.1 Å². The predicted molar refractivity (Wildman–Crippen MR) is 123 cm³/mol. The number of benzene rings is 2. The van der Waals surface area contributed by atoms with E-state index in [9.17, 15) is 13.6 Å². The highest BCUT2D eigenvalue weighted by atomic mass is 19.3. The number of nitrogen functional groups attached to an aromatic ring is 1. The van der Waals surface area contributed by atoms with Gasteiger partial charge in [0, 0.05) is 24.0 Å². The van der Waals surface area contributed by atoms with Gasteiger partial charge in [-0.2, -0.15) is 8.78 Å². The first-order valence-corrected chi connectivity index (χ1v) is 10.3. The maximum atomic E-state index is 15.3. The number of nitrogens with two attached hydrogens (primary N) is 1. The van der Waals surface area contributed by atoms with Crippen LogP contribution in [0, 0.1) is 17.0 Å². The zero-order chi connectivity index (χ0) is 26.1. The first-order valence-electron chi connectivity index (χ1n) is 10.3. The number of hydrogen-bond acceptors (Lipinski definition) is 7. The average Bonchev–Trinajstić information content (AvgIpc) is 2.85. The van der Waals surface area contributed by atoms with E-state index < -0.39 is 53.8 Å². The summed E-state index contributed by atoms with van der Waals surface area (Å²) in [5.74, 6) is -3.71. The molecule has 2 aromatic carbocycles. The first kappa shape index (κ1) is 24.6. The van der Waals surface area contributed by atoms with Crippen LogP contribution < -0.4 is 29.7 Å². The third-order valence-corrected chi connectivity index (χ3v) is 5.46. The van der Waals surface area contributed by atoms with Crippen LogP contribution in [-0.2, 0) is 6.54 Å². The molecule has 2 amide bonds. The van der Waals surface area contributed by atoms with E-state index >= 15 is 8.78 Å². The predicted octanol–water partition coefficient (Wildman–Crippen LogP) is 4.84. The minimum Gasteiger partial charge on any atom is -0.493 e. The largest absolute Gasteiger partial charge is 0.493 e. The lowest BCUT2D eigenvalue weighted by molar-refractivity contribution is -0.0494. The molecular weight excluding hydrogens is 486 g/mol. The van der Waals surface area contributed by atoms with Gasteiger partial charge in [-0.15, -0.1) is 0 Å². The second-order valence-corrected chi connectivity index (χ2v) is 7.38. The summed E-state index contributed by atoms with van der Waals surface area (Å²) in [6.07, 6.45) is 2.09. The maximum Gasteiger partial charge on any atom is 0.387 e. The molecule has 2 heterocycles. The van der Waals surface area contributed by atoms with Gasteiger partial charge < -0.3 is 25.4 Å². The van der Waals surface area contributed by atoms with E-state index in [2.05, 4.69) is 9.72 Å². The number of nitrogens with zero attached hydrogens (tertiary/aromatic N) is 3. The van der Waals surface area contributed by atoms with Crippen molar-refractivity contribution in [3.63, 3.8) is 0 Å². The molecule has 0 spiro atoms. The number of halogens is 4. The quantitative estimate of drug-likeness (QED) is 0.351. The van der Waals surface area contributed by atoms with Crippen molar-refractivity contribution in [2.75, 3.05) is 29.8 Å². The third-order valence-electron chi connectivity index (χ3n) is 5.46. The molecule has 0 radical (unpaired) electrons. The van der Waals surface area contributed by atoms with Crippen molar-refractivity contribution in [3.05, 3.63) is 59.3 Å². The fraction of sp³-hybridized carbons (Fsp3) is 0.174. The van der Waals surface area contributed by atoms with Crippen LogP contribution in [0.3, 0.4) is 0 Å². The Bertz CT molecular complexity index is 1330. The van der Waals surface area contributed by atoms with Gasteiger partial charge in [0.1, 0.15) is 17.3 Å². The maximum absolute atomic E-state index is 15.3. The monoisotopic (exact) mass is 505 g/mol. The normalized spacial score (nSPS) is 13.0. The van der Waals surface area contributed by atoms with Gasteiger partial charge in [0.2, 0.25) is 0 Å². The number of nitrogens with one attached hydrogen (secondary N) is 1. The Hall–Kier alpha value is -4.55. The molecule has 0 fully saturated rings. The van der Waals surface area contributed by atoms with Crippen LogP contribution in [0.25, 0.3) is 0 Å². The summed E-state index contributed by atoms with van der Waals surface area (Å²) < 4.78 is 71.5. The summed E-state index contributed by atoms with van der Waals surface area (Å²) in [5.41, 5.74) is 5.17. The topological polar surface area (TPSA) is 114 Å². The number of urea groups is 1. The van der Waals surface area contributed by atoms with E-state index in [4.69, 9.17) is 20.6 Å². The standard InChI is InChI=1S/C23H19F4N5O4/c1-34-15-7-16(35-2)18(25)20(17(15)24)31-10-11-9-30-21(29)12(8-28)19(11)32(23(31)33)13-5-3-4-6-14(13)36-22(26)27/h3-9,22,28H,10H2,1-2H3,(H2,29,30). The SMILES string of the molecule is COc1cc(OC)c(F)c(N2Cc3cnc(N)c(C=N)c3N(c3ccccc3OC(F)F)C2=O)c1F. The Labute approximate surface area is 202 Å². The van der Waals surface area contributed by atoms with Gasteiger partial charge in [-0.25, -0.2) is 18.6 Å². The molecule has 1 aliphatic heterocycles. The van der Waals surface area contributed by atoms with Gasteiger partial charge in [-0.05, 0) is 12.1 Å². The number of amides is 2. The molecule has 1 aromatic heterocycles. The highest BCUT2D eigenvalue weighted by molar-refractivity contribution is 6.15. The van der Waals surface area contributed by atoms with Crippen LogP contribution in [0.5, 0.6) is 17.2 Å². The van der Waals surface area contributed by atoms with Gasteiger partial charge >= 0.3 is 12.6 Å². The number of aromatic nitrogens is 1. The number of pyridine rings is 1. The fourth-order valence-electron chi connectivity index (χ4n) is 3.89. The zero-order valence-corrected chi connectivity index (χ0v) is 18.9. The molecule has 0 aliphatic carbocycles. The molecule has 1 aliphatic rings. The van der Waals surface area contributed by atoms with Crippen LogP contribution in [0.1, 0.15) is 11.1 Å². The van der Waals surface area contributed by atoms with E-state index in [1.807, 2.05) is 0 Å². The number of hydrogen-bond donors (Lipinski definition) is 2. The summed E-state index contributed by atoms with van der Waals surface area (Å²) in [7, 11) is 2.31. The number of methoxy groups -OCH3 is 2. The number of carbonyl (C=O) groups is 1. The number of alkyl halides is 2. The molecular formula is C23H19F4N5O4. The number of fused-ring (bicyclic) bond motifs is 1. The summed E-state index contributed by atoms with van der Waals surface area (Å²) >= 11 is 0. The van der Waals surface area contributed by atoms with Crippen molar-refractivity contribution < 1.29 is 36.6 Å². The van der Waals surface area contributed by atoms with Crippen molar-refractivity contribution in [1.29, 1.82) is 5.41 Å². The molecule has 0 unspecified atom stereocenters. The molecule has 0 bridgehead atoms. The Morgan fingerprint density at radius 3 is 2.31 bits per heavy atom. The average molecular weight is 505 g/mol. The van der Waals surface area contributed by atoms with Gasteiger partial charge in [-0.3, -0.25) is 9.80 Å². The summed E-state index contributed by atoms with van der Waals surface area (Å²) in [6.45, 7) is -3.63. The number of anilines is 4. The van der Waals surface area contributed by atoms with Gasteiger partial charge in [0.25, 0.3) is 0 Å². The molecule has 13 heteroatoms. The summed E-state index contributed by atoms with van der Waals surface area (Å²) in [5, 5.41) is 7.80. The lowest BCUT2D eigenvalue weighted by Gasteiger charge is -2.38. The molecule has 4 rings (SSSR count). The number of carbonyl (C=O) groups excluding carboxylic acids is 1. The number of ether oxygens (including phenoxy) is 3. The molecule has 3 aromatic rings. The molecule has 0 saturated carbocycles. The molecule has 3 N–H and O–H groups in total. The van der Waals surface area contributed by atoms with Crippen molar-refractivity contribution >= 4 is 35.1 Å². The van der Waals surface area contributed by atoms with Gasteiger partial charge in [-0.1, -0.05) is 12.1 Å². The lowest BCUT2D eigenvalue weighted by Crippen LogP contribution is -2.46. The molecule has 36 heavy (non-hydrogen) atoms. The van der Waals surface area contributed by atoms with Crippen molar-refractivity contribution in [1.82, 2.24) is 4.98 Å². The zero-order valence-electron chi connectivity index (χ0n) is 18.9.